The van der Waals surface area contributed by atoms with Crippen LogP contribution in [-0.4, -0.2) is 27.8 Å². The van der Waals surface area contributed by atoms with Gasteiger partial charge in [0.15, 0.2) is 11.5 Å². The molecule has 8 heteroatoms. The van der Waals surface area contributed by atoms with Crippen LogP contribution in [-0.2, 0) is 17.3 Å². The molecule has 1 heterocycles. The summed E-state index contributed by atoms with van der Waals surface area (Å²) in [5.41, 5.74) is 3.03. The average Bonchev–Trinajstić information content (AvgIpc) is 2.82. The SMILES string of the molecule is [C-]#[N+]c1ccc2c(-c3ccc(S(C)=O)cc3)nnc(NCc3ccc(OC)c(Cl)c3)c2c1. The first-order valence-corrected chi connectivity index (χ1v) is 11.6. The molecule has 0 radical (unpaired) electrons. The highest BCUT2D eigenvalue weighted by atomic mass is 35.5. The number of aromatic nitrogens is 2. The number of nitrogens with zero attached hydrogens (tertiary/aromatic N) is 3. The number of hydrogen-bond donors (Lipinski definition) is 1. The molecule has 32 heavy (non-hydrogen) atoms. The maximum atomic E-state index is 11.7. The van der Waals surface area contributed by atoms with Gasteiger partial charge in [0.05, 0.1) is 18.7 Å². The normalized spacial score (nSPS) is 11.7. The summed E-state index contributed by atoms with van der Waals surface area (Å²) < 4.78 is 16.9. The van der Waals surface area contributed by atoms with Crippen molar-refractivity contribution in [1.82, 2.24) is 10.2 Å². The van der Waals surface area contributed by atoms with Gasteiger partial charge in [-0.1, -0.05) is 41.9 Å². The van der Waals surface area contributed by atoms with Gasteiger partial charge in [-0.25, -0.2) is 4.85 Å². The highest BCUT2D eigenvalue weighted by Crippen LogP contribution is 2.33. The summed E-state index contributed by atoms with van der Waals surface area (Å²) in [6.45, 7) is 7.86. The molecule has 0 saturated carbocycles. The second-order valence-electron chi connectivity index (χ2n) is 7.04. The predicted molar refractivity (Wildman–Crippen MR) is 129 cm³/mol. The largest absolute Gasteiger partial charge is 0.495 e. The smallest absolute Gasteiger partial charge is 0.188 e. The molecule has 0 spiro atoms. The molecule has 160 valence electrons. The first-order chi connectivity index (χ1) is 15.5. The van der Waals surface area contributed by atoms with E-state index in [1.165, 1.54) is 0 Å². The van der Waals surface area contributed by atoms with Crippen LogP contribution in [0.4, 0.5) is 11.5 Å². The number of hydrogen-bond acceptors (Lipinski definition) is 5. The molecular formula is C24H19ClN4O2S. The topological polar surface area (TPSA) is 68.5 Å². The van der Waals surface area contributed by atoms with E-state index in [1.54, 1.807) is 25.5 Å². The number of methoxy groups -OCH3 is 1. The van der Waals surface area contributed by atoms with Crippen LogP contribution >= 0.6 is 11.6 Å². The lowest BCUT2D eigenvalue weighted by Crippen LogP contribution is -2.04. The molecule has 6 nitrogen and oxygen atoms in total. The number of benzene rings is 3. The average molecular weight is 463 g/mol. The van der Waals surface area contributed by atoms with E-state index in [9.17, 15) is 4.21 Å². The summed E-state index contributed by atoms with van der Waals surface area (Å²) in [7, 11) is 0.526. The van der Waals surface area contributed by atoms with Gasteiger partial charge in [-0.05, 0) is 35.9 Å². The highest BCUT2D eigenvalue weighted by molar-refractivity contribution is 7.84. The van der Waals surface area contributed by atoms with Crippen molar-refractivity contribution in [3.05, 3.63) is 82.7 Å². The second kappa shape index (κ2) is 9.35. The molecule has 0 saturated heterocycles. The Bertz CT molecular complexity index is 1370. The Morgan fingerprint density at radius 2 is 1.84 bits per heavy atom. The van der Waals surface area contributed by atoms with Crippen LogP contribution < -0.4 is 10.1 Å². The highest BCUT2D eigenvalue weighted by Gasteiger charge is 2.13. The van der Waals surface area contributed by atoms with Crippen LogP contribution in [0, 0.1) is 6.57 Å². The number of nitrogens with one attached hydrogen (secondary N) is 1. The van der Waals surface area contributed by atoms with Gasteiger partial charge >= 0.3 is 0 Å². The zero-order valence-electron chi connectivity index (χ0n) is 17.4. The molecule has 0 bridgehead atoms. The van der Waals surface area contributed by atoms with Crippen LogP contribution in [0.15, 0.2) is 65.6 Å². The minimum atomic E-state index is -1.05. The van der Waals surface area contributed by atoms with Gasteiger partial charge in [-0.3, -0.25) is 4.21 Å². The van der Waals surface area contributed by atoms with Crippen molar-refractivity contribution >= 4 is 44.7 Å². The molecule has 0 amide bonds. The molecule has 1 N–H and O–H groups in total. The zero-order valence-corrected chi connectivity index (χ0v) is 19.0. The van der Waals surface area contributed by atoms with Crippen LogP contribution in [0.2, 0.25) is 5.02 Å². The van der Waals surface area contributed by atoms with E-state index in [-0.39, 0.29) is 0 Å². The van der Waals surface area contributed by atoms with Gasteiger partial charge < -0.3 is 10.1 Å². The molecule has 3 aromatic carbocycles. The van der Waals surface area contributed by atoms with Crippen LogP contribution in [0.25, 0.3) is 26.9 Å². The fourth-order valence-corrected chi connectivity index (χ4v) is 4.17. The number of anilines is 1. The number of ether oxygens (including phenoxy) is 1. The van der Waals surface area contributed by atoms with Gasteiger partial charge in [0.1, 0.15) is 11.4 Å². The van der Waals surface area contributed by atoms with Gasteiger partial charge in [0.25, 0.3) is 0 Å². The fourth-order valence-electron chi connectivity index (χ4n) is 3.37. The van der Waals surface area contributed by atoms with Crippen LogP contribution in [0.5, 0.6) is 5.75 Å². The summed E-state index contributed by atoms with van der Waals surface area (Å²) in [6.07, 6.45) is 1.65. The molecule has 1 aromatic heterocycles. The summed E-state index contributed by atoms with van der Waals surface area (Å²) in [4.78, 5) is 4.30. The lowest BCUT2D eigenvalue weighted by Gasteiger charge is -2.13. The Morgan fingerprint density at radius 1 is 1.06 bits per heavy atom. The van der Waals surface area contributed by atoms with Crippen molar-refractivity contribution < 1.29 is 8.95 Å². The van der Waals surface area contributed by atoms with Crippen LogP contribution in [0.1, 0.15) is 5.56 Å². The Hall–Kier alpha value is -3.47. The van der Waals surface area contributed by atoms with E-state index in [0.717, 1.165) is 26.8 Å². The molecule has 0 aliphatic rings. The van der Waals surface area contributed by atoms with Gasteiger partial charge in [0, 0.05) is 44.8 Å². The lowest BCUT2D eigenvalue weighted by molar-refractivity contribution is 0.415. The van der Waals surface area contributed by atoms with Crippen molar-refractivity contribution in [2.24, 2.45) is 0 Å². The first kappa shape index (κ1) is 21.8. The zero-order chi connectivity index (χ0) is 22.7. The van der Waals surface area contributed by atoms with E-state index >= 15 is 0 Å². The molecule has 4 rings (SSSR count). The monoisotopic (exact) mass is 462 g/mol. The van der Waals surface area contributed by atoms with Crippen molar-refractivity contribution in [3.63, 3.8) is 0 Å². The van der Waals surface area contributed by atoms with Gasteiger partial charge in [0.2, 0.25) is 0 Å². The second-order valence-corrected chi connectivity index (χ2v) is 8.83. The Morgan fingerprint density at radius 3 is 2.50 bits per heavy atom. The quantitative estimate of drug-likeness (QED) is 0.363. The Balaban J connectivity index is 1.72. The Kier molecular flexibility index (Phi) is 6.35. The molecule has 0 aliphatic heterocycles. The summed E-state index contributed by atoms with van der Waals surface area (Å²) in [6, 6.07) is 18.4. The molecule has 4 aromatic rings. The van der Waals surface area contributed by atoms with Gasteiger partial charge in [-0.2, -0.15) is 0 Å². The van der Waals surface area contributed by atoms with E-state index < -0.39 is 10.8 Å². The summed E-state index contributed by atoms with van der Waals surface area (Å²) in [5.74, 6) is 1.19. The minimum Gasteiger partial charge on any atom is -0.495 e. The number of halogens is 1. The fraction of sp³-hybridized carbons (Fsp3) is 0.125. The van der Waals surface area contributed by atoms with Gasteiger partial charge in [-0.15, -0.1) is 10.2 Å². The van der Waals surface area contributed by atoms with E-state index in [0.29, 0.717) is 34.5 Å². The summed E-state index contributed by atoms with van der Waals surface area (Å²) >= 11 is 6.23. The molecule has 0 aliphatic carbocycles. The number of rotatable bonds is 6. The van der Waals surface area contributed by atoms with E-state index in [2.05, 4.69) is 20.4 Å². The van der Waals surface area contributed by atoms with Crippen molar-refractivity contribution in [2.75, 3.05) is 18.7 Å². The van der Waals surface area contributed by atoms with Crippen molar-refractivity contribution in [3.8, 4) is 17.0 Å². The first-order valence-electron chi connectivity index (χ1n) is 9.68. The third kappa shape index (κ3) is 4.42. The van der Waals surface area contributed by atoms with E-state index in [1.807, 2.05) is 48.5 Å². The molecular weight excluding hydrogens is 444 g/mol. The lowest BCUT2D eigenvalue weighted by atomic mass is 10.0. The maximum absolute atomic E-state index is 11.7. The third-order valence-electron chi connectivity index (χ3n) is 5.03. The minimum absolute atomic E-state index is 0.478. The molecule has 0 fully saturated rings. The van der Waals surface area contributed by atoms with Crippen LogP contribution in [0.3, 0.4) is 0 Å². The standard InChI is InChI=1S/C24H19ClN4O2S/c1-26-17-7-10-19-20(13-17)24(27-14-15-4-11-22(31-2)21(25)12-15)29-28-23(19)16-5-8-18(9-6-16)32(3)30/h4-13H,14H2,2-3H3,(H,27,29). The molecule has 1 atom stereocenters. The van der Waals surface area contributed by atoms with E-state index in [4.69, 9.17) is 22.9 Å². The summed E-state index contributed by atoms with van der Waals surface area (Å²) in [5, 5.41) is 14.4. The Labute approximate surface area is 193 Å². The van der Waals surface area contributed by atoms with Crippen molar-refractivity contribution in [2.45, 2.75) is 11.4 Å². The molecule has 1 unspecified atom stereocenters. The van der Waals surface area contributed by atoms with Crippen molar-refractivity contribution in [1.29, 1.82) is 0 Å². The predicted octanol–water partition coefficient (Wildman–Crippen LogP) is 5.86. The number of fused-ring (bicyclic) bond motifs is 1. The third-order valence-corrected chi connectivity index (χ3v) is 6.26. The maximum Gasteiger partial charge on any atom is 0.188 e.